The smallest absolute Gasteiger partial charge is 0.138 e. The Hall–Kier alpha value is -2.00. The van der Waals surface area contributed by atoms with Crippen LogP contribution in [0.15, 0.2) is 36.4 Å². The summed E-state index contributed by atoms with van der Waals surface area (Å²) in [6, 6.07) is 11.5. The number of imidazole rings is 1. The SMILES string of the molecule is Cc1cc(Cl)cc(-c2nc3ccc(N)cc3[nH]2)c1. The van der Waals surface area contributed by atoms with Crippen molar-refractivity contribution in [1.29, 1.82) is 0 Å². The van der Waals surface area contributed by atoms with Gasteiger partial charge in [-0.1, -0.05) is 11.6 Å². The van der Waals surface area contributed by atoms with Crippen molar-refractivity contribution in [1.82, 2.24) is 9.97 Å². The minimum absolute atomic E-state index is 0.713. The van der Waals surface area contributed by atoms with Gasteiger partial charge in [-0.2, -0.15) is 0 Å². The molecule has 3 N–H and O–H groups in total. The Balaban J connectivity index is 2.19. The Morgan fingerprint density at radius 3 is 2.78 bits per heavy atom. The highest BCUT2D eigenvalue weighted by Crippen LogP contribution is 2.25. The topological polar surface area (TPSA) is 54.7 Å². The molecule has 3 aromatic rings. The zero-order valence-corrected chi connectivity index (χ0v) is 10.6. The van der Waals surface area contributed by atoms with E-state index in [-0.39, 0.29) is 0 Å². The van der Waals surface area contributed by atoms with Crippen LogP contribution < -0.4 is 5.73 Å². The maximum absolute atomic E-state index is 6.06. The number of hydrogen-bond donors (Lipinski definition) is 2. The summed E-state index contributed by atoms with van der Waals surface area (Å²) in [5.74, 6) is 0.807. The third-order valence-corrected chi connectivity index (χ3v) is 3.04. The summed E-state index contributed by atoms with van der Waals surface area (Å²) in [5.41, 5.74) is 10.4. The zero-order valence-electron chi connectivity index (χ0n) is 9.87. The molecule has 0 radical (unpaired) electrons. The first kappa shape index (κ1) is 11.1. The van der Waals surface area contributed by atoms with Crippen LogP contribution in [-0.2, 0) is 0 Å². The van der Waals surface area contributed by atoms with Gasteiger partial charge in [0.25, 0.3) is 0 Å². The second kappa shape index (κ2) is 4.03. The number of aromatic amines is 1. The van der Waals surface area contributed by atoms with E-state index in [0.29, 0.717) is 5.02 Å². The largest absolute Gasteiger partial charge is 0.399 e. The molecule has 0 saturated carbocycles. The van der Waals surface area contributed by atoms with Crippen LogP contribution in [0.4, 0.5) is 5.69 Å². The van der Waals surface area contributed by atoms with Gasteiger partial charge in [0.15, 0.2) is 0 Å². The van der Waals surface area contributed by atoms with Gasteiger partial charge in [-0.05, 0) is 48.9 Å². The van der Waals surface area contributed by atoms with Crippen LogP contribution in [0.5, 0.6) is 0 Å². The van der Waals surface area contributed by atoms with Gasteiger partial charge in [0, 0.05) is 16.3 Å². The number of aryl methyl sites for hydroxylation is 1. The van der Waals surface area contributed by atoms with Crippen LogP contribution in [-0.4, -0.2) is 9.97 Å². The molecule has 0 aliphatic rings. The van der Waals surface area contributed by atoms with Crippen molar-refractivity contribution < 1.29 is 0 Å². The molecule has 18 heavy (non-hydrogen) atoms. The first-order valence-corrected chi connectivity index (χ1v) is 6.02. The second-order valence-electron chi connectivity index (χ2n) is 4.38. The second-order valence-corrected chi connectivity index (χ2v) is 4.82. The average molecular weight is 258 g/mol. The number of hydrogen-bond acceptors (Lipinski definition) is 2. The fourth-order valence-electron chi connectivity index (χ4n) is 2.04. The fourth-order valence-corrected chi connectivity index (χ4v) is 2.33. The van der Waals surface area contributed by atoms with Crippen molar-refractivity contribution in [3.63, 3.8) is 0 Å². The van der Waals surface area contributed by atoms with Crippen molar-refractivity contribution >= 4 is 28.3 Å². The Bertz CT molecular complexity index is 711. The quantitative estimate of drug-likeness (QED) is 0.652. The number of H-pyrrole nitrogens is 1. The van der Waals surface area contributed by atoms with E-state index in [4.69, 9.17) is 17.3 Å². The number of nitrogens with two attached hydrogens (primary N) is 1. The summed E-state index contributed by atoms with van der Waals surface area (Å²) < 4.78 is 0. The standard InChI is InChI=1S/C14H12ClN3/c1-8-4-9(6-10(15)5-8)14-17-12-3-2-11(16)7-13(12)18-14/h2-7H,16H2,1H3,(H,17,18). The van der Waals surface area contributed by atoms with Crippen molar-refractivity contribution in [3.05, 3.63) is 47.0 Å². The lowest BCUT2D eigenvalue weighted by molar-refractivity contribution is 1.32. The first-order valence-electron chi connectivity index (χ1n) is 5.64. The van der Waals surface area contributed by atoms with Gasteiger partial charge in [-0.25, -0.2) is 4.98 Å². The van der Waals surface area contributed by atoms with E-state index in [9.17, 15) is 0 Å². The highest BCUT2D eigenvalue weighted by Gasteiger charge is 2.06. The maximum Gasteiger partial charge on any atom is 0.138 e. The van der Waals surface area contributed by atoms with E-state index in [1.54, 1.807) is 0 Å². The Morgan fingerprint density at radius 2 is 2.00 bits per heavy atom. The molecule has 2 aromatic carbocycles. The van der Waals surface area contributed by atoms with Crippen LogP contribution in [0.3, 0.4) is 0 Å². The molecule has 3 nitrogen and oxygen atoms in total. The van der Waals surface area contributed by atoms with E-state index in [2.05, 4.69) is 9.97 Å². The molecule has 0 amide bonds. The van der Waals surface area contributed by atoms with Gasteiger partial charge in [0.1, 0.15) is 5.82 Å². The van der Waals surface area contributed by atoms with Crippen LogP contribution >= 0.6 is 11.6 Å². The number of anilines is 1. The molecule has 0 saturated heterocycles. The van der Waals surface area contributed by atoms with Crippen molar-refractivity contribution in [2.75, 3.05) is 5.73 Å². The Morgan fingerprint density at radius 1 is 1.17 bits per heavy atom. The number of nitrogens with zero attached hydrogens (tertiary/aromatic N) is 1. The van der Waals surface area contributed by atoms with Crippen molar-refractivity contribution in [2.24, 2.45) is 0 Å². The summed E-state index contributed by atoms with van der Waals surface area (Å²) in [5, 5.41) is 0.713. The number of nitrogen functional groups attached to an aromatic ring is 1. The van der Waals surface area contributed by atoms with Gasteiger partial charge in [0.05, 0.1) is 11.0 Å². The number of aromatic nitrogens is 2. The summed E-state index contributed by atoms with van der Waals surface area (Å²) in [6.45, 7) is 2.01. The third kappa shape index (κ3) is 1.93. The van der Waals surface area contributed by atoms with Gasteiger partial charge >= 0.3 is 0 Å². The molecular formula is C14H12ClN3. The zero-order chi connectivity index (χ0) is 12.7. The average Bonchev–Trinajstić information content (AvgIpc) is 2.70. The van der Waals surface area contributed by atoms with Crippen LogP contribution in [0.25, 0.3) is 22.4 Å². The van der Waals surface area contributed by atoms with E-state index < -0.39 is 0 Å². The summed E-state index contributed by atoms with van der Waals surface area (Å²) in [7, 11) is 0. The van der Waals surface area contributed by atoms with Crippen molar-refractivity contribution in [2.45, 2.75) is 6.92 Å². The molecule has 1 aromatic heterocycles. The predicted molar refractivity (Wildman–Crippen MR) is 75.7 cm³/mol. The third-order valence-electron chi connectivity index (χ3n) is 2.82. The molecule has 0 unspecified atom stereocenters. The van der Waals surface area contributed by atoms with E-state index in [1.165, 1.54) is 0 Å². The number of halogens is 1. The lowest BCUT2D eigenvalue weighted by Crippen LogP contribution is -1.82. The number of fused-ring (bicyclic) bond motifs is 1. The molecule has 1 heterocycles. The minimum Gasteiger partial charge on any atom is -0.399 e. The van der Waals surface area contributed by atoms with Crippen LogP contribution in [0.1, 0.15) is 5.56 Å². The Labute approximate surface area is 110 Å². The molecule has 0 aliphatic carbocycles. The van der Waals surface area contributed by atoms with Gasteiger partial charge < -0.3 is 10.7 Å². The molecule has 0 spiro atoms. The van der Waals surface area contributed by atoms with E-state index >= 15 is 0 Å². The molecule has 0 atom stereocenters. The molecule has 90 valence electrons. The number of benzene rings is 2. The van der Waals surface area contributed by atoms with Gasteiger partial charge in [-0.15, -0.1) is 0 Å². The molecule has 0 fully saturated rings. The molecule has 4 heteroatoms. The highest BCUT2D eigenvalue weighted by atomic mass is 35.5. The van der Waals surface area contributed by atoms with E-state index in [0.717, 1.165) is 33.7 Å². The lowest BCUT2D eigenvalue weighted by Gasteiger charge is -2.00. The molecule has 0 aliphatic heterocycles. The monoisotopic (exact) mass is 257 g/mol. The summed E-state index contributed by atoms with van der Waals surface area (Å²) in [6.07, 6.45) is 0. The maximum atomic E-state index is 6.06. The molecule has 3 rings (SSSR count). The first-order chi connectivity index (χ1) is 8.61. The van der Waals surface area contributed by atoms with Gasteiger partial charge in [0.2, 0.25) is 0 Å². The van der Waals surface area contributed by atoms with Crippen LogP contribution in [0, 0.1) is 6.92 Å². The molecule has 0 bridgehead atoms. The highest BCUT2D eigenvalue weighted by molar-refractivity contribution is 6.30. The normalized spacial score (nSPS) is 11.0. The minimum atomic E-state index is 0.713. The summed E-state index contributed by atoms with van der Waals surface area (Å²) >= 11 is 6.06. The fraction of sp³-hybridized carbons (Fsp3) is 0.0714. The van der Waals surface area contributed by atoms with Gasteiger partial charge in [-0.3, -0.25) is 0 Å². The van der Waals surface area contributed by atoms with Crippen LogP contribution in [0.2, 0.25) is 5.02 Å². The van der Waals surface area contributed by atoms with Crippen molar-refractivity contribution in [3.8, 4) is 11.4 Å². The molecular weight excluding hydrogens is 246 g/mol. The van der Waals surface area contributed by atoms with E-state index in [1.807, 2.05) is 43.3 Å². The summed E-state index contributed by atoms with van der Waals surface area (Å²) in [4.78, 5) is 7.79. The number of nitrogens with one attached hydrogen (secondary N) is 1. The predicted octanol–water partition coefficient (Wildman–Crippen LogP) is 3.77. The number of rotatable bonds is 1. The Kier molecular flexibility index (Phi) is 2.49. The lowest BCUT2D eigenvalue weighted by atomic mass is 10.1.